The Labute approximate surface area is 273 Å². The molecule has 0 saturated heterocycles. The molecule has 1 nitrogen and oxygen atoms in total. The molecule has 0 saturated carbocycles. The maximum Gasteiger partial charge on any atom is 0.0625 e. The molecule has 1 heteroatoms. The molecule has 0 spiro atoms. The molecule has 0 unspecified atom stereocenters. The van der Waals surface area contributed by atoms with Gasteiger partial charge in [-0.15, -0.1) is 0 Å². The topological polar surface area (TPSA) is 4.93 Å². The van der Waals surface area contributed by atoms with Gasteiger partial charge >= 0.3 is 0 Å². The number of rotatable bonds is 3. The van der Waals surface area contributed by atoms with Gasteiger partial charge in [-0.1, -0.05) is 147 Å². The lowest BCUT2D eigenvalue weighted by molar-refractivity contribution is 1.19. The molecular formula is C46H29N. The Hall–Kier alpha value is -6.18. The first-order valence-corrected chi connectivity index (χ1v) is 16.2. The van der Waals surface area contributed by atoms with Crippen LogP contribution in [0.3, 0.4) is 0 Å². The van der Waals surface area contributed by atoms with E-state index in [1.807, 2.05) is 6.08 Å². The Bertz CT molecular complexity index is 2810. The number of fused-ring (bicyclic) bond motifs is 13. The van der Waals surface area contributed by atoms with Gasteiger partial charge in [0.25, 0.3) is 0 Å². The molecule has 0 amide bonds. The third kappa shape index (κ3) is 3.49. The van der Waals surface area contributed by atoms with Crippen molar-refractivity contribution in [3.63, 3.8) is 0 Å². The highest BCUT2D eigenvalue weighted by atomic mass is 15.0. The van der Waals surface area contributed by atoms with E-state index in [2.05, 4.69) is 163 Å². The van der Waals surface area contributed by atoms with Crippen LogP contribution in [0, 0.1) is 0 Å². The Morgan fingerprint density at radius 2 is 1.13 bits per heavy atom. The average molecular weight is 596 g/mol. The minimum Gasteiger partial charge on any atom is -0.309 e. The number of hydrogen-bond acceptors (Lipinski definition) is 0. The van der Waals surface area contributed by atoms with Crippen molar-refractivity contribution in [2.24, 2.45) is 0 Å². The quantitative estimate of drug-likeness (QED) is 0.179. The lowest BCUT2D eigenvalue weighted by Crippen LogP contribution is -1.96. The Morgan fingerprint density at radius 3 is 1.94 bits per heavy atom. The first-order valence-electron chi connectivity index (χ1n) is 16.2. The summed E-state index contributed by atoms with van der Waals surface area (Å²) >= 11 is 0. The summed E-state index contributed by atoms with van der Waals surface area (Å²) in [5.74, 6) is 0. The van der Waals surface area contributed by atoms with Crippen LogP contribution in [-0.2, 0) is 0 Å². The summed E-state index contributed by atoms with van der Waals surface area (Å²) in [6.07, 6.45) is 1.99. The number of para-hydroxylation sites is 1. The van der Waals surface area contributed by atoms with Gasteiger partial charge in [0, 0.05) is 21.8 Å². The first kappa shape index (κ1) is 26.1. The van der Waals surface area contributed by atoms with Gasteiger partial charge in [-0.25, -0.2) is 0 Å². The molecule has 1 heterocycles. The van der Waals surface area contributed by atoms with Gasteiger partial charge in [0.05, 0.1) is 11.0 Å². The van der Waals surface area contributed by atoms with Crippen molar-refractivity contribution in [1.82, 2.24) is 4.57 Å². The summed E-state index contributed by atoms with van der Waals surface area (Å²) in [5, 5.41) is 10.3. The molecule has 0 bridgehead atoms. The number of nitrogens with zero attached hydrogens (tertiary/aromatic N) is 1. The fraction of sp³-hybridized carbons (Fsp3) is 0. The van der Waals surface area contributed by atoms with Crippen LogP contribution in [0.15, 0.2) is 159 Å². The second-order valence-electron chi connectivity index (χ2n) is 12.6. The molecule has 1 aliphatic rings. The second-order valence-corrected chi connectivity index (χ2v) is 12.6. The van der Waals surface area contributed by atoms with Crippen LogP contribution in [0.2, 0.25) is 0 Å². The molecule has 8 aromatic carbocycles. The van der Waals surface area contributed by atoms with Gasteiger partial charge in [0.2, 0.25) is 0 Å². The van der Waals surface area contributed by atoms with E-state index in [1.54, 1.807) is 0 Å². The third-order valence-corrected chi connectivity index (χ3v) is 10.3. The van der Waals surface area contributed by atoms with Crippen molar-refractivity contribution in [2.45, 2.75) is 0 Å². The van der Waals surface area contributed by atoms with Gasteiger partial charge in [-0.05, 0) is 89.6 Å². The lowest BCUT2D eigenvalue weighted by Gasteiger charge is -2.15. The molecule has 0 fully saturated rings. The largest absolute Gasteiger partial charge is 0.309 e. The molecule has 1 aromatic heterocycles. The summed E-state index contributed by atoms with van der Waals surface area (Å²) in [7, 11) is 0. The van der Waals surface area contributed by atoms with Gasteiger partial charge in [0.1, 0.15) is 0 Å². The molecule has 218 valence electrons. The van der Waals surface area contributed by atoms with Crippen molar-refractivity contribution in [3.8, 4) is 27.9 Å². The molecule has 0 N–H and O–H groups in total. The van der Waals surface area contributed by atoms with Gasteiger partial charge < -0.3 is 4.57 Å². The van der Waals surface area contributed by atoms with E-state index in [0.29, 0.717) is 0 Å². The predicted octanol–water partition coefficient (Wildman–Crippen LogP) is 12.6. The third-order valence-electron chi connectivity index (χ3n) is 10.3. The zero-order chi connectivity index (χ0) is 31.2. The molecule has 9 aromatic rings. The van der Waals surface area contributed by atoms with E-state index in [4.69, 9.17) is 0 Å². The number of hydrogen-bond donors (Lipinski definition) is 0. The maximum absolute atomic E-state index is 4.50. The summed E-state index contributed by atoms with van der Waals surface area (Å²) in [4.78, 5) is 0. The maximum atomic E-state index is 4.50. The number of benzene rings is 8. The smallest absolute Gasteiger partial charge is 0.0625 e. The zero-order valence-corrected chi connectivity index (χ0v) is 25.8. The highest BCUT2D eigenvalue weighted by Crippen LogP contribution is 2.48. The molecule has 1 aliphatic carbocycles. The van der Waals surface area contributed by atoms with E-state index >= 15 is 0 Å². The monoisotopic (exact) mass is 595 g/mol. The van der Waals surface area contributed by atoms with Crippen molar-refractivity contribution in [1.29, 1.82) is 0 Å². The van der Waals surface area contributed by atoms with Crippen LogP contribution in [0.5, 0.6) is 0 Å². The van der Waals surface area contributed by atoms with E-state index in [-0.39, 0.29) is 0 Å². The van der Waals surface area contributed by atoms with E-state index in [9.17, 15) is 0 Å². The minimum absolute atomic E-state index is 1.07. The molecule has 10 rings (SSSR count). The van der Waals surface area contributed by atoms with Crippen LogP contribution in [-0.4, -0.2) is 4.57 Å². The van der Waals surface area contributed by atoms with Gasteiger partial charge in [-0.2, -0.15) is 0 Å². The van der Waals surface area contributed by atoms with Crippen LogP contribution in [0.25, 0.3) is 93.7 Å². The van der Waals surface area contributed by atoms with Crippen LogP contribution < -0.4 is 0 Å². The Balaban J connectivity index is 1.22. The SMILES string of the molecule is C=Cc1c(-c2ccc(-n3c4ccccc4c4c5ccc6ccccc6c5c5ccccc5c43)cc2)ccc2c1C(=C)c1ccccc1-2. The van der Waals surface area contributed by atoms with E-state index in [0.717, 1.165) is 22.4 Å². The van der Waals surface area contributed by atoms with Crippen LogP contribution in [0.4, 0.5) is 0 Å². The second kappa shape index (κ2) is 9.66. The van der Waals surface area contributed by atoms with Gasteiger partial charge in [0.15, 0.2) is 0 Å². The summed E-state index contributed by atoms with van der Waals surface area (Å²) < 4.78 is 2.46. The molecule has 0 radical (unpaired) electrons. The standard InChI is InChI=1S/C46H29N/c1-3-32-34(26-27-38-36-15-7-6-13-33(36)28(2)43(32)38)30-20-23-31(24-21-30)47-42-19-11-10-18-40(42)45-41-25-22-29-12-4-5-14-35(29)44(41)37-16-8-9-17-39(37)46(45)47/h3-27H,1-2H2. The predicted molar refractivity (Wildman–Crippen MR) is 202 cm³/mol. The zero-order valence-electron chi connectivity index (χ0n) is 25.8. The molecule has 0 atom stereocenters. The van der Waals surface area contributed by atoms with Crippen molar-refractivity contribution < 1.29 is 0 Å². The molecule has 47 heavy (non-hydrogen) atoms. The van der Waals surface area contributed by atoms with Crippen LogP contribution >= 0.6 is 0 Å². The van der Waals surface area contributed by atoms with Crippen molar-refractivity contribution in [3.05, 3.63) is 175 Å². The summed E-state index contributed by atoms with van der Waals surface area (Å²) in [5.41, 5.74) is 13.0. The number of aromatic nitrogens is 1. The van der Waals surface area contributed by atoms with Crippen LogP contribution in [0.1, 0.15) is 16.7 Å². The summed E-state index contributed by atoms with van der Waals surface area (Å²) in [6.45, 7) is 8.74. The molecule has 0 aliphatic heterocycles. The Morgan fingerprint density at radius 1 is 0.468 bits per heavy atom. The first-order chi connectivity index (χ1) is 23.2. The minimum atomic E-state index is 1.07. The van der Waals surface area contributed by atoms with Gasteiger partial charge in [-0.3, -0.25) is 0 Å². The highest BCUT2D eigenvalue weighted by molar-refractivity contribution is 6.36. The fourth-order valence-electron chi connectivity index (χ4n) is 8.25. The Kier molecular flexibility index (Phi) is 5.36. The van der Waals surface area contributed by atoms with E-state index < -0.39 is 0 Å². The molecular weight excluding hydrogens is 567 g/mol. The normalized spacial score (nSPS) is 12.4. The van der Waals surface area contributed by atoms with Crippen molar-refractivity contribution in [2.75, 3.05) is 0 Å². The highest BCUT2D eigenvalue weighted by Gasteiger charge is 2.26. The summed E-state index contributed by atoms with van der Waals surface area (Å²) in [6, 6.07) is 53.2. The lowest BCUT2D eigenvalue weighted by atomic mass is 9.91. The average Bonchev–Trinajstić information content (AvgIpc) is 3.64. The fourth-order valence-corrected chi connectivity index (χ4v) is 8.25. The van der Waals surface area contributed by atoms with E-state index in [1.165, 1.54) is 81.9 Å². The van der Waals surface area contributed by atoms with Crippen molar-refractivity contribution >= 4 is 65.8 Å².